The van der Waals surface area contributed by atoms with E-state index in [1.807, 2.05) is 19.1 Å². The van der Waals surface area contributed by atoms with Gasteiger partial charge in [0.2, 0.25) is 0 Å². The second-order valence-corrected chi connectivity index (χ2v) is 8.35. The molecule has 0 spiro atoms. The van der Waals surface area contributed by atoms with Crippen molar-refractivity contribution >= 4 is 5.91 Å². The van der Waals surface area contributed by atoms with Crippen LogP contribution in [0.2, 0.25) is 0 Å². The number of amides is 1. The molecular formula is C25H34N2O2. The fraction of sp³-hybridized carbons (Fsp3) is 0.480. The summed E-state index contributed by atoms with van der Waals surface area (Å²) in [6.07, 6.45) is 3.91. The fourth-order valence-corrected chi connectivity index (χ4v) is 4.08. The van der Waals surface area contributed by atoms with E-state index >= 15 is 0 Å². The number of nitrogens with zero attached hydrogens (tertiary/aromatic N) is 1. The number of ether oxygens (including phenoxy) is 1. The Kier molecular flexibility index (Phi) is 7.32. The van der Waals surface area contributed by atoms with Crippen LogP contribution in [0.4, 0.5) is 0 Å². The molecule has 2 aromatic rings. The Hall–Kier alpha value is -2.33. The molecule has 156 valence electrons. The number of carbonyl (C=O) groups is 1. The van der Waals surface area contributed by atoms with Crippen molar-refractivity contribution in [3.63, 3.8) is 0 Å². The van der Waals surface area contributed by atoms with Crippen LogP contribution in [-0.2, 0) is 13.1 Å². The Morgan fingerprint density at radius 1 is 1.10 bits per heavy atom. The summed E-state index contributed by atoms with van der Waals surface area (Å²) in [7, 11) is 1.68. The number of aryl methyl sites for hydroxylation is 1. The molecule has 0 radical (unpaired) electrons. The first-order valence-corrected chi connectivity index (χ1v) is 10.8. The zero-order valence-electron chi connectivity index (χ0n) is 18.3. The summed E-state index contributed by atoms with van der Waals surface area (Å²) in [4.78, 5) is 15.5. The standard InChI is InChI=1S/C25H34N2O2/c1-18(2)22-15-23(19(3)14-24(22)29-4)25(28)26-16-20-10-6-7-11-21(20)17-27-12-8-5-9-13-27/h6-7,10-11,14-15,18H,5,8-9,12-13,16-17H2,1-4H3,(H,26,28). The Bertz CT molecular complexity index is 839. The average molecular weight is 395 g/mol. The van der Waals surface area contributed by atoms with Crippen LogP contribution in [0.1, 0.15) is 71.6 Å². The number of likely N-dealkylation sites (tertiary alicyclic amines) is 1. The minimum atomic E-state index is -0.0279. The maximum atomic E-state index is 13.0. The van der Waals surface area contributed by atoms with Gasteiger partial charge in [-0.25, -0.2) is 0 Å². The van der Waals surface area contributed by atoms with Gasteiger partial charge in [-0.1, -0.05) is 44.5 Å². The van der Waals surface area contributed by atoms with Gasteiger partial charge in [0.1, 0.15) is 5.75 Å². The summed E-state index contributed by atoms with van der Waals surface area (Å²) < 4.78 is 5.50. The molecule has 1 aliphatic heterocycles. The van der Waals surface area contributed by atoms with Gasteiger partial charge in [-0.15, -0.1) is 0 Å². The van der Waals surface area contributed by atoms with E-state index in [4.69, 9.17) is 4.74 Å². The largest absolute Gasteiger partial charge is 0.496 e. The minimum absolute atomic E-state index is 0.0279. The smallest absolute Gasteiger partial charge is 0.251 e. The van der Waals surface area contributed by atoms with Gasteiger partial charge in [0.05, 0.1) is 7.11 Å². The number of hydrogen-bond acceptors (Lipinski definition) is 3. The maximum Gasteiger partial charge on any atom is 0.251 e. The number of methoxy groups -OCH3 is 1. The van der Waals surface area contributed by atoms with Gasteiger partial charge >= 0.3 is 0 Å². The van der Waals surface area contributed by atoms with Crippen molar-refractivity contribution in [3.05, 3.63) is 64.2 Å². The van der Waals surface area contributed by atoms with Crippen LogP contribution in [0.25, 0.3) is 0 Å². The lowest BCUT2D eigenvalue weighted by Gasteiger charge is -2.27. The second kappa shape index (κ2) is 9.93. The van der Waals surface area contributed by atoms with Gasteiger partial charge in [-0.05, 0) is 73.2 Å². The molecule has 4 nitrogen and oxygen atoms in total. The van der Waals surface area contributed by atoms with Crippen LogP contribution >= 0.6 is 0 Å². The lowest BCUT2D eigenvalue weighted by Crippen LogP contribution is -2.30. The van der Waals surface area contributed by atoms with E-state index in [-0.39, 0.29) is 5.91 Å². The van der Waals surface area contributed by atoms with Crippen LogP contribution < -0.4 is 10.1 Å². The maximum absolute atomic E-state index is 13.0. The lowest BCUT2D eigenvalue weighted by molar-refractivity contribution is 0.0950. The molecular weight excluding hydrogens is 360 g/mol. The normalized spacial score (nSPS) is 14.8. The predicted molar refractivity (Wildman–Crippen MR) is 119 cm³/mol. The number of hydrogen-bond donors (Lipinski definition) is 1. The van der Waals surface area contributed by atoms with Crippen LogP contribution in [0.15, 0.2) is 36.4 Å². The average Bonchev–Trinajstić information content (AvgIpc) is 2.73. The summed E-state index contributed by atoms with van der Waals surface area (Å²) in [5, 5.41) is 3.14. The number of rotatable bonds is 7. The number of benzene rings is 2. The number of piperidine rings is 1. The van der Waals surface area contributed by atoms with Crippen LogP contribution in [0.3, 0.4) is 0 Å². The third kappa shape index (κ3) is 5.39. The van der Waals surface area contributed by atoms with Gasteiger partial charge in [0.15, 0.2) is 0 Å². The Balaban J connectivity index is 1.72. The molecule has 1 amide bonds. The van der Waals surface area contributed by atoms with Gasteiger partial charge in [-0.2, -0.15) is 0 Å². The molecule has 1 N–H and O–H groups in total. The highest BCUT2D eigenvalue weighted by Gasteiger charge is 2.17. The quantitative estimate of drug-likeness (QED) is 0.715. The van der Waals surface area contributed by atoms with Crippen molar-refractivity contribution in [2.45, 2.75) is 59.0 Å². The molecule has 1 saturated heterocycles. The summed E-state index contributed by atoms with van der Waals surface area (Å²) in [5.41, 5.74) is 5.23. The van der Waals surface area contributed by atoms with Gasteiger partial charge in [0.25, 0.3) is 5.91 Å². The van der Waals surface area contributed by atoms with Crippen LogP contribution in [0, 0.1) is 6.92 Å². The Morgan fingerprint density at radius 3 is 2.45 bits per heavy atom. The molecule has 0 atom stereocenters. The van der Waals surface area contributed by atoms with E-state index in [0.29, 0.717) is 12.5 Å². The van der Waals surface area contributed by atoms with Crippen molar-refractivity contribution in [2.24, 2.45) is 0 Å². The Labute approximate surface area is 175 Å². The monoisotopic (exact) mass is 394 g/mol. The SMILES string of the molecule is COc1cc(C)c(C(=O)NCc2ccccc2CN2CCCCC2)cc1C(C)C. The molecule has 0 aromatic heterocycles. The molecule has 29 heavy (non-hydrogen) atoms. The second-order valence-electron chi connectivity index (χ2n) is 8.35. The highest BCUT2D eigenvalue weighted by atomic mass is 16.5. The van der Waals surface area contributed by atoms with Crippen molar-refractivity contribution in [2.75, 3.05) is 20.2 Å². The lowest BCUT2D eigenvalue weighted by atomic mass is 9.96. The zero-order valence-corrected chi connectivity index (χ0v) is 18.3. The van der Waals surface area contributed by atoms with E-state index in [1.165, 1.54) is 43.5 Å². The molecule has 0 bridgehead atoms. The van der Waals surface area contributed by atoms with E-state index in [0.717, 1.165) is 29.0 Å². The van der Waals surface area contributed by atoms with E-state index in [9.17, 15) is 4.79 Å². The summed E-state index contributed by atoms with van der Waals surface area (Å²) in [6, 6.07) is 12.4. The third-order valence-corrected chi connectivity index (χ3v) is 5.84. The first-order valence-electron chi connectivity index (χ1n) is 10.8. The van der Waals surface area contributed by atoms with E-state index in [1.54, 1.807) is 7.11 Å². The van der Waals surface area contributed by atoms with E-state index < -0.39 is 0 Å². The van der Waals surface area contributed by atoms with E-state index in [2.05, 4.69) is 48.3 Å². The molecule has 1 heterocycles. The summed E-state index contributed by atoms with van der Waals surface area (Å²) >= 11 is 0. The molecule has 1 fully saturated rings. The molecule has 3 rings (SSSR count). The Morgan fingerprint density at radius 2 is 1.79 bits per heavy atom. The number of carbonyl (C=O) groups excluding carboxylic acids is 1. The topological polar surface area (TPSA) is 41.6 Å². The van der Waals surface area contributed by atoms with Gasteiger partial charge in [-0.3, -0.25) is 9.69 Å². The first-order chi connectivity index (χ1) is 14.0. The third-order valence-electron chi connectivity index (χ3n) is 5.84. The molecule has 2 aromatic carbocycles. The van der Waals surface area contributed by atoms with Crippen molar-refractivity contribution in [1.29, 1.82) is 0 Å². The van der Waals surface area contributed by atoms with Crippen LogP contribution in [-0.4, -0.2) is 31.0 Å². The van der Waals surface area contributed by atoms with Crippen molar-refractivity contribution in [1.82, 2.24) is 10.2 Å². The highest BCUT2D eigenvalue weighted by molar-refractivity contribution is 5.96. The van der Waals surface area contributed by atoms with Crippen LogP contribution in [0.5, 0.6) is 5.75 Å². The summed E-state index contributed by atoms with van der Waals surface area (Å²) in [5.74, 6) is 1.11. The molecule has 1 aliphatic rings. The minimum Gasteiger partial charge on any atom is -0.496 e. The zero-order chi connectivity index (χ0) is 20.8. The van der Waals surface area contributed by atoms with Crippen molar-refractivity contribution in [3.8, 4) is 5.75 Å². The summed E-state index contributed by atoms with van der Waals surface area (Å²) in [6.45, 7) is 10.0. The molecule has 0 unspecified atom stereocenters. The first kappa shape index (κ1) is 21.4. The van der Waals surface area contributed by atoms with Crippen molar-refractivity contribution < 1.29 is 9.53 Å². The molecule has 0 aliphatic carbocycles. The highest BCUT2D eigenvalue weighted by Crippen LogP contribution is 2.29. The van der Waals surface area contributed by atoms with Gasteiger partial charge in [0, 0.05) is 18.7 Å². The molecule has 0 saturated carbocycles. The van der Waals surface area contributed by atoms with Gasteiger partial charge < -0.3 is 10.1 Å². The predicted octanol–water partition coefficient (Wildman–Crippen LogP) is 5.04. The molecule has 4 heteroatoms. The number of nitrogens with one attached hydrogen (secondary N) is 1. The fourth-order valence-electron chi connectivity index (χ4n) is 4.08.